The first kappa shape index (κ1) is 17.5. The molecule has 0 aliphatic carbocycles. The zero-order valence-corrected chi connectivity index (χ0v) is 12.5. The molecule has 2 rings (SSSR count). The number of hydrogen-bond acceptors (Lipinski definition) is 3. The Kier molecular flexibility index (Phi) is 5.79. The summed E-state index contributed by atoms with van der Waals surface area (Å²) in [5, 5.41) is 11.0. The van der Waals surface area contributed by atoms with Crippen LogP contribution in [0.15, 0.2) is 18.3 Å². The van der Waals surface area contributed by atoms with Crippen LogP contribution in [0.4, 0.5) is 13.2 Å². The third kappa shape index (κ3) is 5.05. The maximum atomic E-state index is 12.3. The van der Waals surface area contributed by atoms with Crippen molar-refractivity contribution in [2.45, 2.75) is 32.7 Å². The first-order valence-corrected chi connectivity index (χ1v) is 6.13. The van der Waals surface area contributed by atoms with Gasteiger partial charge in [-0.3, -0.25) is 9.36 Å². The number of alkyl halides is 3. The number of halogens is 4. The van der Waals surface area contributed by atoms with E-state index in [1.165, 1.54) is 6.20 Å². The summed E-state index contributed by atoms with van der Waals surface area (Å²) in [7, 11) is 1.83. The Balaban J connectivity index is 0.00000220. The van der Waals surface area contributed by atoms with Crippen LogP contribution >= 0.6 is 12.4 Å². The highest BCUT2D eigenvalue weighted by Gasteiger charge is 2.29. The lowest BCUT2D eigenvalue weighted by Gasteiger charge is -2.11. The average Bonchev–Trinajstić information content (AvgIpc) is 2.85. The average molecular weight is 324 g/mol. The molecule has 0 saturated carbocycles. The monoisotopic (exact) mass is 323 g/mol. The van der Waals surface area contributed by atoms with Gasteiger partial charge in [0.25, 0.3) is 0 Å². The summed E-state index contributed by atoms with van der Waals surface area (Å²) < 4.78 is 39.8. The van der Waals surface area contributed by atoms with Gasteiger partial charge in [-0.25, -0.2) is 0 Å². The largest absolute Gasteiger partial charge is 0.408 e. The Bertz CT molecular complexity index is 576. The predicted octanol–water partition coefficient (Wildman–Crippen LogP) is 2.20. The van der Waals surface area contributed by atoms with Crippen molar-refractivity contribution in [3.8, 4) is 0 Å². The molecule has 5 nitrogen and oxygen atoms in total. The fourth-order valence-electron chi connectivity index (χ4n) is 1.97. The molecule has 9 heteroatoms. The van der Waals surface area contributed by atoms with E-state index in [9.17, 15) is 13.2 Å². The molecule has 1 N–H and O–H groups in total. The van der Waals surface area contributed by atoms with Gasteiger partial charge in [-0.1, -0.05) is 0 Å². The van der Waals surface area contributed by atoms with E-state index in [0.29, 0.717) is 18.8 Å². The molecule has 0 fully saturated rings. The van der Waals surface area contributed by atoms with Gasteiger partial charge in [0.1, 0.15) is 6.54 Å². The SMILES string of the molecule is Cc1cc(CNCc2ccnn2CC(F)(F)F)n(C)n1.Cl. The molecule has 0 aromatic carbocycles. The molecular weight excluding hydrogens is 307 g/mol. The van der Waals surface area contributed by atoms with Gasteiger partial charge in [0, 0.05) is 26.3 Å². The second-order valence-corrected chi connectivity index (χ2v) is 4.60. The van der Waals surface area contributed by atoms with Gasteiger partial charge in [-0.15, -0.1) is 12.4 Å². The fourth-order valence-corrected chi connectivity index (χ4v) is 1.97. The van der Waals surface area contributed by atoms with Gasteiger partial charge in [0.15, 0.2) is 0 Å². The maximum Gasteiger partial charge on any atom is 0.408 e. The Hall–Kier alpha value is -1.54. The molecule has 2 heterocycles. The Morgan fingerprint density at radius 2 is 1.90 bits per heavy atom. The highest BCUT2D eigenvalue weighted by Crippen LogP contribution is 2.18. The first-order valence-electron chi connectivity index (χ1n) is 6.13. The van der Waals surface area contributed by atoms with Gasteiger partial charge in [0.2, 0.25) is 0 Å². The Morgan fingerprint density at radius 3 is 2.48 bits per heavy atom. The molecule has 118 valence electrons. The minimum absolute atomic E-state index is 0. The van der Waals surface area contributed by atoms with Crippen molar-refractivity contribution in [1.82, 2.24) is 24.9 Å². The third-order valence-electron chi connectivity index (χ3n) is 2.84. The summed E-state index contributed by atoms with van der Waals surface area (Å²) in [5.41, 5.74) is 2.39. The van der Waals surface area contributed by atoms with Gasteiger partial charge in [0.05, 0.1) is 17.1 Å². The number of rotatable bonds is 5. The smallest absolute Gasteiger partial charge is 0.306 e. The quantitative estimate of drug-likeness (QED) is 0.917. The zero-order valence-electron chi connectivity index (χ0n) is 11.7. The van der Waals surface area contributed by atoms with Gasteiger partial charge >= 0.3 is 6.18 Å². The van der Waals surface area contributed by atoms with Crippen LogP contribution in [0.25, 0.3) is 0 Å². The number of nitrogens with one attached hydrogen (secondary N) is 1. The van der Waals surface area contributed by atoms with Crippen molar-refractivity contribution in [1.29, 1.82) is 0 Å². The van der Waals surface area contributed by atoms with E-state index < -0.39 is 12.7 Å². The van der Waals surface area contributed by atoms with Crippen LogP contribution in [0.3, 0.4) is 0 Å². The minimum Gasteiger partial charge on any atom is -0.306 e. The summed E-state index contributed by atoms with van der Waals surface area (Å²) in [6, 6.07) is 3.51. The molecule has 2 aromatic rings. The maximum absolute atomic E-state index is 12.3. The highest BCUT2D eigenvalue weighted by atomic mass is 35.5. The van der Waals surface area contributed by atoms with Crippen LogP contribution in [0.5, 0.6) is 0 Å². The lowest BCUT2D eigenvalue weighted by Crippen LogP contribution is -2.23. The summed E-state index contributed by atoms with van der Waals surface area (Å²) >= 11 is 0. The molecule has 0 radical (unpaired) electrons. The minimum atomic E-state index is -4.26. The topological polar surface area (TPSA) is 47.7 Å². The number of aryl methyl sites for hydroxylation is 2. The Labute approximate surface area is 126 Å². The summed E-state index contributed by atoms with van der Waals surface area (Å²) in [5.74, 6) is 0. The van der Waals surface area contributed by atoms with E-state index in [2.05, 4.69) is 15.5 Å². The zero-order chi connectivity index (χ0) is 14.8. The molecule has 0 aliphatic rings. The van der Waals surface area contributed by atoms with Gasteiger partial charge in [-0.2, -0.15) is 23.4 Å². The van der Waals surface area contributed by atoms with Crippen LogP contribution in [0, 0.1) is 6.92 Å². The molecule has 0 aliphatic heterocycles. The van der Waals surface area contributed by atoms with E-state index in [4.69, 9.17) is 0 Å². The lowest BCUT2D eigenvalue weighted by atomic mass is 10.3. The molecule has 0 saturated heterocycles. The number of hydrogen-bond donors (Lipinski definition) is 1. The van der Waals surface area contributed by atoms with Crippen LogP contribution in [0.1, 0.15) is 17.1 Å². The van der Waals surface area contributed by atoms with E-state index in [1.54, 1.807) is 10.7 Å². The second-order valence-electron chi connectivity index (χ2n) is 4.60. The standard InChI is InChI=1S/C12H16F3N5.ClH/c1-9-5-11(19(2)18-9)7-16-6-10-3-4-17-20(10)8-12(13,14)15;/h3-5,16H,6-8H2,1-2H3;1H. The lowest BCUT2D eigenvalue weighted by molar-refractivity contribution is -0.143. The fraction of sp³-hybridized carbons (Fsp3) is 0.500. The van der Waals surface area contributed by atoms with E-state index in [0.717, 1.165) is 16.1 Å². The van der Waals surface area contributed by atoms with Gasteiger partial charge in [-0.05, 0) is 19.1 Å². The molecule has 0 bridgehead atoms. The molecule has 21 heavy (non-hydrogen) atoms. The third-order valence-corrected chi connectivity index (χ3v) is 2.84. The van der Waals surface area contributed by atoms with Crippen molar-refractivity contribution in [2.75, 3.05) is 0 Å². The van der Waals surface area contributed by atoms with Crippen LogP contribution < -0.4 is 5.32 Å². The van der Waals surface area contributed by atoms with Crippen molar-refractivity contribution in [3.05, 3.63) is 35.4 Å². The van der Waals surface area contributed by atoms with Crippen LogP contribution in [-0.2, 0) is 26.7 Å². The summed E-state index contributed by atoms with van der Waals surface area (Å²) in [6.07, 6.45) is -2.89. The van der Waals surface area contributed by atoms with E-state index in [-0.39, 0.29) is 12.4 Å². The summed E-state index contributed by atoms with van der Waals surface area (Å²) in [6.45, 7) is 1.68. The predicted molar refractivity (Wildman–Crippen MR) is 74.0 cm³/mol. The van der Waals surface area contributed by atoms with E-state index >= 15 is 0 Å². The molecule has 0 unspecified atom stereocenters. The molecule has 0 amide bonds. The molecule has 0 spiro atoms. The Morgan fingerprint density at radius 1 is 1.24 bits per heavy atom. The van der Waals surface area contributed by atoms with Crippen molar-refractivity contribution in [3.63, 3.8) is 0 Å². The van der Waals surface area contributed by atoms with Crippen molar-refractivity contribution >= 4 is 12.4 Å². The molecular formula is C12H17ClF3N5. The van der Waals surface area contributed by atoms with Gasteiger partial charge < -0.3 is 5.32 Å². The van der Waals surface area contributed by atoms with Crippen LogP contribution in [-0.4, -0.2) is 25.7 Å². The number of aromatic nitrogens is 4. The summed E-state index contributed by atoms with van der Waals surface area (Å²) in [4.78, 5) is 0. The number of nitrogens with zero attached hydrogens (tertiary/aromatic N) is 4. The molecule has 2 aromatic heterocycles. The van der Waals surface area contributed by atoms with Crippen LogP contribution in [0.2, 0.25) is 0 Å². The van der Waals surface area contributed by atoms with Crippen molar-refractivity contribution < 1.29 is 13.2 Å². The highest BCUT2D eigenvalue weighted by molar-refractivity contribution is 5.85. The normalized spacial score (nSPS) is 11.5. The van der Waals surface area contributed by atoms with E-state index in [1.807, 2.05) is 20.0 Å². The molecule has 0 atom stereocenters. The van der Waals surface area contributed by atoms with Crippen molar-refractivity contribution in [2.24, 2.45) is 7.05 Å². The second kappa shape index (κ2) is 6.95. The first-order chi connectivity index (χ1) is 9.35.